The molecule has 0 radical (unpaired) electrons. The van der Waals surface area contributed by atoms with Crippen LogP contribution in [-0.4, -0.2) is 40.8 Å². The minimum absolute atomic E-state index is 0.111. The first-order valence-corrected chi connectivity index (χ1v) is 11.1. The Hall–Kier alpha value is -3.51. The third-order valence-electron chi connectivity index (χ3n) is 5.66. The quantitative estimate of drug-likeness (QED) is 0.532. The van der Waals surface area contributed by atoms with E-state index in [0.29, 0.717) is 25.1 Å². The van der Waals surface area contributed by atoms with Gasteiger partial charge in [0, 0.05) is 41.5 Å². The molecule has 1 unspecified atom stereocenters. The van der Waals surface area contributed by atoms with Crippen LogP contribution in [0.1, 0.15) is 15.9 Å². The summed E-state index contributed by atoms with van der Waals surface area (Å²) in [5, 5.41) is 5.78. The van der Waals surface area contributed by atoms with Crippen LogP contribution in [0.5, 0.6) is 0 Å². The molecule has 1 aliphatic rings. The summed E-state index contributed by atoms with van der Waals surface area (Å²) in [6, 6.07) is 21.1. The molecule has 0 saturated carbocycles. The van der Waals surface area contributed by atoms with Crippen LogP contribution < -0.4 is 5.32 Å². The SMILES string of the molecule is O=C1NCCN(C(=O)c2cccc3ncccc23)C1Cc1ccc(-c2cccs2)cc1. The first-order chi connectivity index (χ1) is 15.2. The number of nitrogens with one attached hydrogen (secondary N) is 1. The van der Waals surface area contributed by atoms with Crippen LogP contribution >= 0.6 is 11.3 Å². The Morgan fingerprint density at radius 1 is 1.06 bits per heavy atom. The average molecular weight is 428 g/mol. The van der Waals surface area contributed by atoms with Crippen LogP contribution in [0.2, 0.25) is 0 Å². The zero-order valence-electron chi connectivity index (χ0n) is 16.8. The van der Waals surface area contributed by atoms with Crippen molar-refractivity contribution in [2.75, 3.05) is 13.1 Å². The molecule has 0 bridgehead atoms. The number of aromatic nitrogens is 1. The molecule has 6 heteroatoms. The largest absolute Gasteiger partial charge is 0.353 e. The number of hydrogen-bond acceptors (Lipinski definition) is 4. The van der Waals surface area contributed by atoms with E-state index in [1.165, 1.54) is 4.88 Å². The number of benzene rings is 2. The van der Waals surface area contributed by atoms with Crippen molar-refractivity contribution >= 4 is 34.1 Å². The fraction of sp³-hybridized carbons (Fsp3) is 0.160. The predicted molar refractivity (Wildman–Crippen MR) is 123 cm³/mol. The number of fused-ring (bicyclic) bond motifs is 1. The van der Waals surface area contributed by atoms with Crippen LogP contribution in [0.4, 0.5) is 0 Å². The van der Waals surface area contributed by atoms with Crippen molar-refractivity contribution in [3.05, 3.63) is 89.4 Å². The first kappa shape index (κ1) is 19.5. The van der Waals surface area contributed by atoms with Crippen molar-refractivity contribution < 1.29 is 9.59 Å². The Bertz CT molecular complexity index is 1230. The number of pyridine rings is 1. The number of piperazine rings is 1. The van der Waals surface area contributed by atoms with Gasteiger partial charge in [-0.15, -0.1) is 11.3 Å². The molecule has 2 amide bonds. The Balaban J connectivity index is 1.42. The van der Waals surface area contributed by atoms with Crippen LogP contribution in [0, 0.1) is 0 Å². The molecule has 1 aliphatic heterocycles. The van der Waals surface area contributed by atoms with Gasteiger partial charge in [-0.05, 0) is 40.8 Å². The van der Waals surface area contributed by atoms with Gasteiger partial charge in [0.15, 0.2) is 0 Å². The molecule has 31 heavy (non-hydrogen) atoms. The summed E-state index contributed by atoms with van der Waals surface area (Å²) in [4.78, 5) is 33.5. The highest BCUT2D eigenvalue weighted by Gasteiger charge is 2.34. The highest BCUT2D eigenvalue weighted by atomic mass is 32.1. The van der Waals surface area contributed by atoms with E-state index in [1.54, 1.807) is 22.4 Å². The second kappa shape index (κ2) is 8.32. The molecule has 154 valence electrons. The predicted octanol–water partition coefficient (Wildman–Crippen LogP) is 4.15. The van der Waals surface area contributed by atoms with E-state index in [2.05, 4.69) is 33.9 Å². The van der Waals surface area contributed by atoms with Gasteiger partial charge in [-0.25, -0.2) is 0 Å². The highest BCUT2D eigenvalue weighted by molar-refractivity contribution is 7.13. The summed E-state index contributed by atoms with van der Waals surface area (Å²) >= 11 is 1.70. The summed E-state index contributed by atoms with van der Waals surface area (Å²) < 4.78 is 0. The number of carbonyl (C=O) groups excluding carboxylic acids is 2. The molecule has 1 saturated heterocycles. The van der Waals surface area contributed by atoms with Crippen LogP contribution in [0.15, 0.2) is 78.3 Å². The molecule has 1 N–H and O–H groups in total. The average Bonchev–Trinajstić information content (AvgIpc) is 3.35. The molecule has 5 nitrogen and oxygen atoms in total. The zero-order chi connectivity index (χ0) is 21.2. The molecule has 4 aromatic rings. The molecular weight excluding hydrogens is 406 g/mol. The number of carbonyl (C=O) groups is 2. The third kappa shape index (κ3) is 3.82. The summed E-state index contributed by atoms with van der Waals surface area (Å²) in [5.74, 6) is -0.242. The van der Waals surface area contributed by atoms with Gasteiger partial charge in [0.1, 0.15) is 6.04 Å². The maximum atomic E-state index is 13.5. The minimum Gasteiger partial charge on any atom is -0.353 e. The molecule has 1 fully saturated rings. The van der Waals surface area contributed by atoms with Gasteiger partial charge in [-0.2, -0.15) is 0 Å². The normalized spacial score (nSPS) is 16.3. The number of thiophene rings is 1. The number of rotatable bonds is 4. The number of hydrogen-bond donors (Lipinski definition) is 1. The van der Waals surface area contributed by atoms with Crippen molar-refractivity contribution in [1.29, 1.82) is 0 Å². The Morgan fingerprint density at radius 3 is 2.74 bits per heavy atom. The zero-order valence-corrected chi connectivity index (χ0v) is 17.6. The molecule has 2 aromatic carbocycles. The van der Waals surface area contributed by atoms with Gasteiger partial charge in [-0.1, -0.05) is 42.5 Å². The molecule has 0 spiro atoms. The van der Waals surface area contributed by atoms with E-state index >= 15 is 0 Å². The summed E-state index contributed by atoms with van der Waals surface area (Å²) in [6.45, 7) is 0.945. The summed E-state index contributed by atoms with van der Waals surface area (Å²) in [6.07, 6.45) is 2.19. The lowest BCUT2D eigenvalue weighted by Gasteiger charge is -2.35. The number of amides is 2. The van der Waals surface area contributed by atoms with Crippen molar-refractivity contribution in [1.82, 2.24) is 15.2 Å². The Labute approximate surface area is 184 Å². The van der Waals surface area contributed by atoms with Crippen molar-refractivity contribution in [3.63, 3.8) is 0 Å². The molecule has 3 heterocycles. The maximum absolute atomic E-state index is 13.5. The number of nitrogens with zero attached hydrogens (tertiary/aromatic N) is 2. The third-order valence-corrected chi connectivity index (χ3v) is 6.58. The van der Waals surface area contributed by atoms with Crippen molar-refractivity contribution in [2.24, 2.45) is 0 Å². The molecular formula is C25H21N3O2S. The monoisotopic (exact) mass is 427 g/mol. The molecule has 1 atom stereocenters. The maximum Gasteiger partial charge on any atom is 0.255 e. The van der Waals surface area contributed by atoms with Crippen LogP contribution in [-0.2, 0) is 11.2 Å². The topological polar surface area (TPSA) is 62.3 Å². The van der Waals surface area contributed by atoms with E-state index in [0.717, 1.165) is 22.0 Å². The van der Waals surface area contributed by atoms with Crippen molar-refractivity contribution in [3.8, 4) is 10.4 Å². The molecule has 0 aliphatic carbocycles. The lowest BCUT2D eigenvalue weighted by molar-refractivity contribution is -0.127. The van der Waals surface area contributed by atoms with Gasteiger partial charge in [0.25, 0.3) is 5.91 Å². The molecule has 5 rings (SSSR count). The molecule has 2 aromatic heterocycles. The highest BCUT2D eigenvalue weighted by Crippen LogP contribution is 2.26. The lowest BCUT2D eigenvalue weighted by atomic mass is 9.99. The second-order valence-corrected chi connectivity index (χ2v) is 8.51. The second-order valence-electron chi connectivity index (χ2n) is 7.56. The fourth-order valence-electron chi connectivity index (χ4n) is 4.08. The summed E-state index contributed by atoms with van der Waals surface area (Å²) in [5.41, 5.74) is 3.54. The van der Waals surface area contributed by atoms with Crippen LogP contribution in [0.25, 0.3) is 21.3 Å². The van der Waals surface area contributed by atoms with Gasteiger partial charge in [0.05, 0.1) is 5.52 Å². The van der Waals surface area contributed by atoms with Crippen LogP contribution in [0.3, 0.4) is 0 Å². The van der Waals surface area contributed by atoms with E-state index in [1.807, 2.05) is 48.5 Å². The summed E-state index contributed by atoms with van der Waals surface area (Å²) in [7, 11) is 0. The van der Waals surface area contributed by atoms with Gasteiger partial charge in [-0.3, -0.25) is 14.6 Å². The smallest absolute Gasteiger partial charge is 0.255 e. The van der Waals surface area contributed by atoms with E-state index in [-0.39, 0.29) is 11.8 Å². The first-order valence-electron chi connectivity index (χ1n) is 10.3. The van der Waals surface area contributed by atoms with Gasteiger partial charge in [0.2, 0.25) is 5.91 Å². The minimum atomic E-state index is -0.541. The van der Waals surface area contributed by atoms with E-state index in [4.69, 9.17) is 0 Å². The standard InChI is InChI=1S/C25H21N3O2S/c29-24-22(16-17-8-10-18(11-9-17)23-7-3-15-31-23)28(14-13-27-24)25(30)20-4-1-6-21-19(20)5-2-12-26-21/h1-12,15,22H,13-14,16H2,(H,27,29). The van der Waals surface area contributed by atoms with Gasteiger partial charge >= 0.3 is 0 Å². The fourth-order valence-corrected chi connectivity index (χ4v) is 4.81. The van der Waals surface area contributed by atoms with Crippen molar-refractivity contribution in [2.45, 2.75) is 12.5 Å². The van der Waals surface area contributed by atoms with E-state index in [9.17, 15) is 9.59 Å². The van der Waals surface area contributed by atoms with E-state index < -0.39 is 6.04 Å². The Morgan fingerprint density at radius 2 is 1.94 bits per heavy atom. The Kier molecular flexibility index (Phi) is 5.22. The van der Waals surface area contributed by atoms with Gasteiger partial charge < -0.3 is 10.2 Å². The lowest BCUT2D eigenvalue weighted by Crippen LogP contribution is -2.58.